The number of nitrogens with zero attached hydrogens (tertiary/aromatic N) is 2. The largest absolute Gasteiger partial charge is 0.475 e. The monoisotopic (exact) mass is 528 g/mol. The van der Waals surface area contributed by atoms with Gasteiger partial charge in [0.1, 0.15) is 12.4 Å². The van der Waals surface area contributed by atoms with Crippen molar-refractivity contribution in [2.45, 2.75) is 31.7 Å². The van der Waals surface area contributed by atoms with E-state index in [-0.39, 0.29) is 35.2 Å². The first kappa shape index (κ1) is 24.3. The number of methoxy groups -OCH3 is 1. The number of pyridine rings is 1. The van der Waals surface area contributed by atoms with Gasteiger partial charge in [0.2, 0.25) is 5.88 Å². The zero-order chi connectivity index (χ0) is 20.5. The van der Waals surface area contributed by atoms with E-state index in [1.165, 1.54) is 6.07 Å². The van der Waals surface area contributed by atoms with Gasteiger partial charge in [-0.1, -0.05) is 18.2 Å². The summed E-state index contributed by atoms with van der Waals surface area (Å²) >= 11 is 0. The van der Waals surface area contributed by atoms with E-state index in [9.17, 15) is 4.39 Å². The summed E-state index contributed by atoms with van der Waals surface area (Å²) in [5.74, 6) is 1.14. The lowest BCUT2D eigenvalue weighted by Crippen LogP contribution is -2.41. The molecular weight excluding hydrogens is 498 g/mol. The van der Waals surface area contributed by atoms with Crippen molar-refractivity contribution in [2.75, 3.05) is 33.4 Å². The summed E-state index contributed by atoms with van der Waals surface area (Å²) in [7, 11) is 1.64. The van der Waals surface area contributed by atoms with Crippen molar-refractivity contribution in [3.8, 4) is 5.88 Å². The Balaban J connectivity index is 0.00000320. The molecule has 1 aromatic carbocycles. The fraction of sp³-hybridized carbons (Fsp3) is 0.455. The molecule has 2 aromatic rings. The normalized spacial score (nSPS) is 14.6. The second-order valence-electron chi connectivity index (χ2n) is 7.19. The number of guanidine groups is 1. The fourth-order valence-electron chi connectivity index (χ4n) is 3.12. The van der Waals surface area contributed by atoms with Gasteiger partial charge in [-0.2, -0.15) is 0 Å². The Morgan fingerprint density at radius 1 is 1.20 bits per heavy atom. The Hall–Kier alpha value is -1.94. The van der Waals surface area contributed by atoms with Crippen LogP contribution >= 0.6 is 24.0 Å². The van der Waals surface area contributed by atoms with Gasteiger partial charge >= 0.3 is 0 Å². The maximum Gasteiger partial charge on any atom is 0.213 e. The highest BCUT2D eigenvalue weighted by Gasteiger charge is 2.44. The maximum absolute atomic E-state index is 13.6. The Morgan fingerprint density at radius 3 is 2.67 bits per heavy atom. The van der Waals surface area contributed by atoms with Gasteiger partial charge in [0.25, 0.3) is 0 Å². The van der Waals surface area contributed by atoms with Crippen LogP contribution in [0.2, 0.25) is 0 Å². The van der Waals surface area contributed by atoms with Crippen molar-refractivity contribution in [3.63, 3.8) is 0 Å². The maximum atomic E-state index is 13.6. The zero-order valence-electron chi connectivity index (χ0n) is 17.5. The summed E-state index contributed by atoms with van der Waals surface area (Å²) < 4.78 is 24.0. The molecule has 1 aromatic heterocycles. The molecular formula is C22H30FIN4O2. The predicted molar refractivity (Wildman–Crippen MR) is 127 cm³/mol. The third kappa shape index (κ3) is 7.09. The topological polar surface area (TPSA) is 67.8 Å². The molecule has 1 fully saturated rings. The van der Waals surface area contributed by atoms with E-state index < -0.39 is 0 Å². The van der Waals surface area contributed by atoms with E-state index in [1.54, 1.807) is 25.4 Å². The number of ether oxygens (including phenoxy) is 2. The summed E-state index contributed by atoms with van der Waals surface area (Å²) in [6.45, 7) is 5.04. The summed E-state index contributed by atoms with van der Waals surface area (Å²) in [6.07, 6.45) is 3.87. The number of nitrogens with one attached hydrogen (secondary N) is 2. The summed E-state index contributed by atoms with van der Waals surface area (Å²) in [5, 5.41) is 6.68. The van der Waals surface area contributed by atoms with Crippen molar-refractivity contribution >= 4 is 29.9 Å². The van der Waals surface area contributed by atoms with Crippen LogP contribution in [-0.4, -0.2) is 44.4 Å². The molecule has 3 rings (SSSR count). The molecule has 0 saturated heterocycles. The number of benzene rings is 1. The smallest absolute Gasteiger partial charge is 0.213 e. The second kappa shape index (κ2) is 12.0. The first-order valence-electron chi connectivity index (χ1n) is 10.00. The number of aliphatic imine (C=N–C) groups is 1. The van der Waals surface area contributed by atoms with E-state index in [4.69, 9.17) is 9.47 Å². The first-order valence-corrected chi connectivity index (χ1v) is 10.00. The molecule has 0 aliphatic heterocycles. The highest BCUT2D eigenvalue weighted by Crippen LogP contribution is 2.47. The standard InChI is InChI=1S/C22H29FN4O2.HI/c1-3-24-21(26-15-17-7-8-20(25-14-17)29-12-11-28-2)27-16-22(9-10-22)18-5-4-6-19(23)13-18;/h4-8,13-14H,3,9-12,15-16H2,1-2H3,(H2,24,26,27);1H. The van der Waals surface area contributed by atoms with E-state index in [2.05, 4.69) is 20.6 Å². The van der Waals surface area contributed by atoms with Crippen LogP contribution in [0.5, 0.6) is 5.88 Å². The van der Waals surface area contributed by atoms with E-state index >= 15 is 0 Å². The SMILES string of the molecule is CCNC(=NCc1ccc(OCCOC)nc1)NCC1(c2cccc(F)c2)CC1.I. The number of aromatic nitrogens is 1. The molecule has 1 aliphatic carbocycles. The Morgan fingerprint density at radius 2 is 2.03 bits per heavy atom. The predicted octanol–water partition coefficient (Wildman–Crippen LogP) is 3.65. The minimum absolute atomic E-state index is 0. The van der Waals surface area contributed by atoms with Crippen LogP contribution in [-0.2, 0) is 16.7 Å². The molecule has 30 heavy (non-hydrogen) atoms. The highest BCUT2D eigenvalue weighted by atomic mass is 127. The lowest BCUT2D eigenvalue weighted by atomic mass is 9.96. The fourth-order valence-corrected chi connectivity index (χ4v) is 3.12. The molecule has 2 N–H and O–H groups in total. The number of hydrogen-bond donors (Lipinski definition) is 2. The molecule has 0 bridgehead atoms. The molecule has 8 heteroatoms. The second-order valence-corrected chi connectivity index (χ2v) is 7.19. The Bertz CT molecular complexity index is 813. The average Bonchev–Trinajstić information content (AvgIpc) is 3.52. The van der Waals surface area contributed by atoms with E-state index in [0.29, 0.717) is 25.6 Å². The van der Waals surface area contributed by atoms with Gasteiger partial charge in [0, 0.05) is 37.9 Å². The van der Waals surface area contributed by atoms with Crippen molar-refractivity contribution in [1.29, 1.82) is 0 Å². The third-order valence-corrected chi connectivity index (χ3v) is 4.98. The molecule has 0 spiro atoms. The molecule has 164 valence electrons. The van der Waals surface area contributed by atoms with Gasteiger partial charge in [0.15, 0.2) is 5.96 Å². The van der Waals surface area contributed by atoms with E-state index in [1.807, 2.05) is 25.1 Å². The van der Waals surface area contributed by atoms with Crippen LogP contribution in [0.3, 0.4) is 0 Å². The average molecular weight is 528 g/mol. The van der Waals surface area contributed by atoms with Crippen LogP contribution in [0, 0.1) is 5.82 Å². The summed E-state index contributed by atoms with van der Waals surface area (Å²) in [6, 6.07) is 10.7. The molecule has 0 unspecified atom stereocenters. The number of rotatable bonds is 10. The third-order valence-electron chi connectivity index (χ3n) is 4.98. The summed E-state index contributed by atoms with van der Waals surface area (Å²) in [4.78, 5) is 8.94. The van der Waals surface area contributed by atoms with Crippen LogP contribution in [0.25, 0.3) is 0 Å². The van der Waals surface area contributed by atoms with Crippen LogP contribution in [0.1, 0.15) is 30.9 Å². The molecule has 1 heterocycles. The minimum Gasteiger partial charge on any atom is -0.475 e. The van der Waals surface area contributed by atoms with E-state index in [0.717, 1.165) is 43.0 Å². The van der Waals surface area contributed by atoms with Gasteiger partial charge in [0.05, 0.1) is 13.2 Å². The Kier molecular flexibility index (Phi) is 9.77. The van der Waals surface area contributed by atoms with Gasteiger partial charge < -0.3 is 20.1 Å². The van der Waals surface area contributed by atoms with Crippen LogP contribution in [0.4, 0.5) is 4.39 Å². The number of hydrogen-bond acceptors (Lipinski definition) is 4. The Labute approximate surface area is 194 Å². The molecule has 1 saturated carbocycles. The van der Waals surface area contributed by atoms with Crippen LogP contribution < -0.4 is 15.4 Å². The van der Waals surface area contributed by atoms with Gasteiger partial charge in [-0.05, 0) is 43.0 Å². The molecule has 0 radical (unpaired) electrons. The molecule has 6 nitrogen and oxygen atoms in total. The van der Waals surface area contributed by atoms with Gasteiger partial charge in [-0.3, -0.25) is 0 Å². The highest BCUT2D eigenvalue weighted by molar-refractivity contribution is 14.0. The van der Waals surface area contributed by atoms with Crippen molar-refractivity contribution in [2.24, 2.45) is 4.99 Å². The van der Waals surface area contributed by atoms with Crippen molar-refractivity contribution in [1.82, 2.24) is 15.6 Å². The quantitative estimate of drug-likeness (QED) is 0.213. The summed E-state index contributed by atoms with van der Waals surface area (Å²) in [5.41, 5.74) is 2.04. The molecule has 0 atom stereocenters. The van der Waals surface area contributed by atoms with Gasteiger partial charge in [-0.25, -0.2) is 14.4 Å². The van der Waals surface area contributed by atoms with Crippen molar-refractivity contribution < 1.29 is 13.9 Å². The lowest BCUT2D eigenvalue weighted by Gasteiger charge is -2.19. The molecule has 0 amide bonds. The van der Waals surface area contributed by atoms with Gasteiger partial charge in [-0.15, -0.1) is 24.0 Å². The lowest BCUT2D eigenvalue weighted by molar-refractivity contribution is 0.143. The first-order chi connectivity index (χ1) is 14.1. The van der Waals surface area contributed by atoms with Crippen molar-refractivity contribution in [3.05, 3.63) is 59.5 Å². The molecule has 1 aliphatic rings. The minimum atomic E-state index is -0.184. The number of halogens is 2. The van der Waals surface area contributed by atoms with Crippen LogP contribution in [0.15, 0.2) is 47.6 Å². The zero-order valence-corrected chi connectivity index (χ0v) is 19.8.